The van der Waals surface area contributed by atoms with Crippen LogP contribution in [0.2, 0.25) is 0 Å². The maximum Gasteiger partial charge on any atom is 0.273 e. The number of rotatable bonds is 7. The fourth-order valence-electron chi connectivity index (χ4n) is 3.16. The van der Waals surface area contributed by atoms with Gasteiger partial charge in [0.15, 0.2) is 11.5 Å². The maximum absolute atomic E-state index is 12.4. The zero-order valence-electron chi connectivity index (χ0n) is 16.8. The standard InChI is InChI=1S/C23H22N4O3/c1-15-5-3-7-18(25-15)11-16(2)26-23(28)22-13-20(30-27-22)14-29-19-8-9-21-17(12-19)6-4-10-24-21/h3-10,12-13,16H,11,14H2,1-2H3,(H,26,28)/t16-/m1/s1. The van der Waals surface area contributed by atoms with Gasteiger partial charge in [-0.2, -0.15) is 0 Å². The minimum absolute atomic E-state index is 0.0885. The number of aryl methyl sites for hydroxylation is 1. The van der Waals surface area contributed by atoms with E-state index in [1.54, 1.807) is 12.3 Å². The molecule has 0 fully saturated rings. The Morgan fingerprint density at radius 1 is 1.17 bits per heavy atom. The first kappa shape index (κ1) is 19.6. The molecule has 0 spiro atoms. The van der Waals surface area contributed by atoms with Crippen LogP contribution in [0.5, 0.6) is 5.75 Å². The third kappa shape index (κ3) is 4.81. The Kier molecular flexibility index (Phi) is 5.70. The van der Waals surface area contributed by atoms with Crippen molar-refractivity contribution in [2.24, 2.45) is 0 Å². The van der Waals surface area contributed by atoms with E-state index in [1.807, 2.05) is 62.4 Å². The van der Waals surface area contributed by atoms with Crippen LogP contribution in [0.4, 0.5) is 0 Å². The number of pyridine rings is 2. The number of nitrogens with zero attached hydrogens (tertiary/aromatic N) is 3. The third-order valence-electron chi connectivity index (χ3n) is 4.59. The molecular formula is C23H22N4O3. The first-order chi connectivity index (χ1) is 14.6. The number of carbonyl (C=O) groups excluding carboxylic acids is 1. The molecule has 0 radical (unpaired) electrons. The largest absolute Gasteiger partial charge is 0.486 e. The Morgan fingerprint density at radius 2 is 2.07 bits per heavy atom. The van der Waals surface area contributed by atoms with E-state index in [0.717, 1.165) is 22.3 Å². The number of amides is 1. The molecule has 0 unspecified atom stereocenters. The van der Waals surface area contributed by atoms with Gasteiger partial charge in [-0.1, -0.05) is 17.3 Å². The van der Waals surface area contributed by atoms with Crippen LogP contribution in [0.1, 0.15) is 34.6 Å². The highest BCUT2D eigenvalue weighted by atomic mass is 16.5. The van der Waals surface area contributed by atoms with Crippen LogP contribution in [0.3, 0.4) is 0 Å². The average molecular weight is 402 g/mol. The lowest BCUT2D eigenvalue weighted by atomic mass is 10.1. The minimum atomic E-state index is -0.290. The van der Waals surface area contributed by atoms with E-state index in [9.17, 15) is 4.79 Å². The van der Waals surface area contributed by atoms with Crippen LogP contribution < -0.4 is 10.1 Å². The van der Waals surface area contributed by atoms with Crippen LogP contribution in [-0.4, -0.2) is 27.1 Å². The van der Waals surface area contributed by atoms with Crippen molar-refractivity contribution in [3.8, 4) is 5.75 Å². The van der Waals surface area contributed by atoms with E-state index in [4.69, 9.17) is 9.26 Å². The van der Waals surface area contributed by atoms with Crippen molar-refractivity contribution in [3.05, 3.63) is 83.6 Å². The molecule has 4 rings (SSSR count). The lowest BCUT2D eigenvalue weighted by Gasteiger charge is -2.12. The summed E-state index contributed by atoms with van der Waals surface area (Å²) >= 11 is 0. The molecule has 4 aromatic rings. The summed E-state index contributed by atoms with van der Waals surface area (Å²) in [5.41, 5.74) is 3.01. The molecule has 1 aromatic carbocycles. The SMILES string of the molecule is Cc1cccc(C[C@@H](C)NC(=O)c2cc(COc3ccc4ncccc4c3)on2)n1. The van der Waals surface area contributed by atoms with Crippen LogP contribution >= 0.6 is 0 Å². The Balaban J connectivity index is 1.33. The predicted octanol–water partition coefficient (Wildman–Crippen LogP) is 3.87. The van der Waals surface area contributed by atoms with Gasteiger partial charge in [0.1, 0.15) is 12.4 Å². The van der Waals surface area contributed by atoms with Crippen molar-refractivity contribution >= 4 is 16.8 Å². The molecule has 1 atom stereocenters. The first-order valence-corrected chi connectivity index (χ1v) is 9.73. The highest BCUT2D eigenvalue weighted by molar-refractivity contribution is 5.92. The molecular weight excluding hydrogens is 380 g/mol. The molecule has 0 bridgehead atoms. The molecule has 0 aliphatic rings. The zero-order chi connectivity index (χ0) is 20.9. The van der Waals surface area contributed by atoms with E-state index in [2.05, 4.69) is 20.4 Å². The molecule has 30 heavy (non-hydrogen) atoms. The van der Waals surface area contributed by atoms with E-state index < -0.39 is 0 Å². The van der Waals surface area contributed by atoms with Crippen molar-refractivity contribution in [1.29, 1.82) is 0 Å². The van der Waals surface area contributed by atoms with E-state index in [1.165, 1.54) is 0 Å². The zero-order valence-corrected chi connectivity index (χ0v) is 16.8. The number of hydrogen-bond donors (Lipinski definition) is 1. The molecule has 7 nitrogen and oxygen atoms in total. The van der Waals surface area contributed by atoms with Crippen molar-refractivity contribution < 1.29 is 14.1 Å². The van der Waals surface area contributed by atoms with Crippen molar-refractivity contribution in [3.63, 3.8) is 0 Å². The van der Waals surface area contributed by atoms with Gasteiger partial charge < -0.3 is 14.6 Å². The van der Waals surface area contributed by atoms with Crippen molar-refractivity contribution in [1.82, 2.24) is 20.4 Å². The molecule has 1 amide bonds. The Bertz CT molecular complexity index is 1170. The second-order valence-corrected chi connectivity index (χ2v) is 7.17. The molecule has 0 aliphatic heterocycles. The molecule has 3 heterocycles. The summed E-state index contributed by atoms with van der Waals surface area (Å²) in [5, 5.41) is 7.77. The van der Waals surface area contributed by atoms with Gasteiger partial charge >= 0.3 is 0 Å². The summed E-state index contributed by atoms with van der Waals surface area (Å²) in [5.74, 6) is 0.874. The molecule has 0 aliphatic carbocycles. The van der Waals surface area contributed by atoms with E-state index >= 15 is 0 Å². The highest BCUT2D eigenvalue weighted by Gasteiger charge is 2.16. The smallest absolute Gasteiger partial charge is 0.273 e. The maximum atomic E-state index is 12.4. The lowest BCUT2D eigenvalue weighted by molar-refractivity contribution is 0.0930. The third-order valence-corrected chi connectivity index (χ3v) is 4.59. The minimum Gasteiger partial charge on any atom is -0.486 e. The second kappa shape index (κ2) is 8.73. The summed E-state index contributed by atoms with van der Waals surface area (Å²) in [7, 11) is 0. The quantitative estimate of drug-likeness (QED) is 0.505. The fraction of sp³-hybridized carbons (Fsp3) is 0.217. The molecule has 7 heteroatoms. The summed E-state index contributed by atoms with van der Waals surface area (Å²) in [4.78, 5) is 21.2. The van der Waals surface area contributed by atoms with Crippen LogP contribution in [0.25, 0.3) is 10.9 Å². The first-order valence-electron chi connectivity index (χ1n) is 9.73. The van der Waals surface area contributed by atoms with Gasteiger partial charge in [-0.05, 0) is 50.2 Å². The number of fused-ring (bicyclic) bond motifs is 1. The molecule has 3 aromatic heterocycles. The Morgan fingerprint density at radius 3 is 2.93 bits per heavy atom. The number of carbonyl (C=O) groups is 1. The summed E-state index contributed by atoms with van der Waals surface area (Å²) in [6.45, 7) is 4.05. The van der Waals surface area contributed by atoms with E-state index in [-0.39, 0.29) is 24.2 Å². The Hall–Kier alpha value is -3.74. The predicted molar refractivity (Wildman–Crippen MR) is 112 cm³/mol. The topological polar surface area (TPSA) is 90.1 Å². The highest BCUT2D eigenvalue weighted by Crippen LogP contribution is 2.20. The molecule has 0 saturated heterocycles. The molecule has 1 N–H and O–H groups in total. The number of nitrogens with one attached hydrogen (secondary N) is 1. The second-order valence-electron chi connectivity index (χ2n) is 7.17. The number of benzene rings is 1. The number of aromatic nitrogens is 3. The monoisotopic (exact) mass is 402 g/mol. The lowest BCUT2D eigenvalue weighted by Crippen LogP contribution is -2.34. The fourth-order valence-corrected chi connectivity index (χ4v) is 3.16. The number of ether oxygens (including phenoxy) is 1. The van der Waals surface area contributed by atoms with Gasteiger partial charge in [0.2, 0.25) is 0 Å². The molecule has 0 saturated carbocycles. The van der Waals surface area contributed by atoms with Gasteiger partial charge in [0.05, 0.1) is 5.52 Å². The van der Waals surface area contributed by atoms with Gasteiger partial charge in [0.25, 0.3) is 5.91 Å². The van der Waals surface area contributed by atoms with Crippen molar-refractivity contribution in [2.45, 2.75) is 32.9 Å². The van der Waals surface area contributed by atoms with Crippen LogP contribution in [0, 0.1) is 6.92 Å². The average Bonchev–Trinajstić information content (AvgIpc) is 3.21. The summed E-state index contributed by atoms with van der Waals surface area (Å²) in [6.07, 6.45) is 2.39. The van der Waals surface area contributed by atoms with Crippen LogP contribution in [-0.2, 0) is 13.0 Å². The van der Waals surface area contributed by atoms with Gasteiger partial charge in [-0.3, -0.25) is 14.8 Å². The normalized spacial score (nSPS) is 11.9. The molecule has 152 valence electrons. The van der Waals surface area contributed by atoms with Crippen molar-refractivity contribution in [2.75, 3.05) is 0 Å². The summed E-state index contributed by atoms with van der Waals surface area (Å²) in [6, 6.07) is 16.9. The Labute approximate surface area is 174 Å². The van der Waals surface area contributed by atoms with E-state index in [0.29, 0.717) is 17.9 Å². The van der Waals surface area contributed by atoms with Gasteiger partial charge in [-0.15, -0.1) is 0 Å². The van der Waals surface area contributed by atoms with Crippen LogP contribution in [0.15, 0.2) is 65.3 Å². The summed E-state index contributed by atoms with van der Waals surface area (Å²) < 4.78 is 11.0. The van der Waals surface area contributed by atoms with Gasteiger partial charge in [-0.25, -0.2) is 0 Å². The number of hydrogen-bond acceptors (Lipinski definition) is 6. The van der Waals surface area contributed by atoms with Gasteiger partial charge in [0, 0.05) is 41.5 Å².